The molecule has 1 aromatic carbocycles. The average Bonchev–Trinajstić information content (AvgIpc) is 3.37. The van der Waals surface area contributed by atoms with E-state index in [1.165, 1.54) is 22.7 Å². The van der Waals surface area contributed by atoms with Crippen molar-refractivity contribution in [2.45, 2.75) is 32.2 Å². The molecule has 3 aromatic heterocycles. The van der Waals surface area contributed by atoms with Crippen molar-refractivity contribution in [1.29, 1.82) is 0 Å². The molecule has 2 atom stereocenters. The van der Waals surface area contributed by atoms with E-state index >= 15 is 0 Å². The second kappa shape index (κ2) is 7.38. The van der Waals surface area contributed by atoms with E-state index in [1.807, 2.05) is 5.51 Å². The van der Waals surface area contributed by atoms with Gasteiger partial charge in [-0.2, -0.15) is 10.1 Å². The molecule has 6 nitrogen and oxygen atoms in total. The van der Waals surface area contributed by atoms with Gasteiger partial charge in [0.25, 0.3) is 12.2 Å². The number of alkyl halides is 2. The van der Waals surface area contributed by atoms with Crippen LogP contribution in [0.5, 0.6) is 0 Å². The maximum atomic E-state index is 13.4. The topological polar surface area (TPSA) is 59.2 Å². The summed E-state index contributed by atoms with van der Waals surface area (Å²) in [5, 5.41) is 4.24. The summed E-state index contributed by atoms with van der Waals surface area (Å²) in [5.74, 6) is 0.675. The van der Waals surface area contributed by atoms with E-state index in [0.717, 1.165) is 37.3 Å². The molecule has 0 radical (unpaired) electrons. The van der Waals surface area contributed by atoms with Gasteiger partial charge in [-0.25, -0.2) is 23.3 Å². The van der Waals surface area contributed by atoms with Gasteiger partial charge in [0.1, 0.15) is 12.0 Å². The van der Waals surface area contributed by atoms with Gasteiger partial charge in [-0.15, -0.1) is 11.3 Å². The number of thiazole rings is 1. The highest BCUT2D eigenvalue weighted by Crippen LogP contribution is 2.34. The van der Waals surface area contributed by atoms with Crippen LogP contribution in [0.1, 0.15) is 42.6 Å². The lowest BCUT2D eigenvalue weighted by Gasteiger charge is -2.37. The minimum atomic E-state index is -2.63. The molecule has 1 aliphatic rings. The maximum Gasteiger partial charge on any atom is 0.280 e. The van der Waals surface area contributed by atoms with Crippen molar-refractivity contribution in [3.05, 3.63) is 53.1 Å². The van der Waals surface area contributed by atoms with Crippen molar-refractivity contribution in [3.8, 4) is 0 Å². The van der Waals surface area contributed by atoms with Crippen molar-refractivity contribution >= 4 is 27.3 Å². The molecule has 0 unspecified atom stereocenters. The predicted octanol–water partition coefficient (Wildman–Crippen LogP) is 4.30. The van der Waals surface area contributed by atoms with Crippen LogP contribution >= 0.6 is 11.3 Å². The fourth-order valence-electron chi connectivity index (χ4n) is 4.15. The SMILES string of the molecule is C[C@@H]1CCN(Cc2ccc3ncsc3c2)C[C@H]1c1cc(C(F)F)nc2ncnn12. The molecule has 0 N–H and O–H groups in total. The summed E-state index contributed by atoms with van der Waals surface area (Å²) in [4.78, 5) is 14.7. The number of nitrogens with zero attached hydrogens (tertiary/aromatic N) is 6. The Labute approximate surface area is 170 Å². The Morgan fingerprint density at radius 2 is 2.14 bits per heavy atom. The molecular formula is C20H20F2N6S. The van der Waals surface area contributed by atoms with Crippen LogP contribution < -0.4 is 0 Å². The first-order valence-corrected chi connectivity index (χ1v) is 10.5. The molecule has 0 spiro atoms. The van der Waals surface area contributed by atoms with Gasteiger partial charge in [0.05, 0.1) is 21.4 Å². The zero-order valence-corrected chi connectivity index (χ0v) is 16.7. The predicted molar refractivity (Wildman–Crippen MR) is 107 cm³/mol. The Kier molecular flexibility index (Phi) is 4.71. The van der Waals surface area contributed by atoms with Gasteiger partial charge in [0.2, 0.25) is 0 Å². The molecule has 0 amide bonds. The van der Waals surface area contributed by atoms with E-state index in [1.54, 1.807) is 15.9 Å². The highest BCUT2D eigenvalue weighted by molar-refractivity contribution is 7.16. The molecule has 9 heteroatoms. The largest absolute Gasteiger partial charge is 0.298 e. The van der Waals surface area contributed by atoms with E-state index in [4.69, 9.17) is 0 Å². The van der Waals surface area contributed by atoms with Crippen molar-refractivity contribution < 1.29 is 8.78 Å². The lowest BCUT2D eigenvalue weighted by atomic mass is 9.84. The van der Waals surface area contributed by atoms with Gasteiger partial charge in [0.15, 0.2) is 0 Å². The van der Waals surface area contributed by atoms with Gasteiger partial charge in [-0.3, -0.25) is 4.90 Å². The molecule has 0 saturated carbocycles. The summed E-state index contributed by atoms with van der Waals surface area (Å²) in [6.45, 7) is 4.76. The maximum absolute atomic E-state index is 13.4. The molecule has 5 rings (SSSR count). The summed E-state index contributed by atoms with van der Waals surface area (Å²) in [6.07, 6.45) is -0.260. The van der Waals surface area contributed by atoms with E-state index in [-0.39, 0.29) is 17.4 Å². The van der Waals surface area contributed by atoms with E-state index in [9.17, 15) is 8.78 Å². The Bertz CT molecular complexity index is 1160. The molecule has 0 aliphatic carbocycles. The van der Waals surface area contributed by atoms with Gasteiger partial charge in [-0.05, 0) is 42.6 Å². The second-order valence-electron chi connectivity index (χ2n) is 7.64. The highest BCUT2D eigenvalue weighted by atomic mass is 32.1. The number of benzene rings is 1. The fraction of sp³-hybridized carbons (Fsp3) is 0.400. The first-order chi connectivity index (χ1) is 14.1. The van der Waals surface area contributed by atoms with Crippen LogP contribution in [0.2, 0.25) is 0 Å². The van der Waals surface area contributed by atoms with E-state index in [0.29, 0.717) is 5.92 Å². The molecule has 4 aromatic rings. The Morgan fingerprint density at radius 1 is 1.24 bits per heavy atom. The third-order valence-electron chi connectivity index (χ3n) is 5.75. The number of aromatic nitrogens is 5. The number of halogens is 2. The quantitative estimate of drug-likeness (QED) is 0.498. The number of piperidine rings is 1. The van der Waals surface area contributed by atoms with Crippen LogP contribution in [-0.4, -0.2) is 42.6 Å². The minimum Gasteiger partial charge on any atom is -0.298 e. The smallest absolute Gasteiger partial charge is 0.280 e. The zero-order chi connectivity index (χ0) is 20.0. The Hall–Kier alpha value is -2.52. The average molecular weight is 414 g/mol. The normalized spacial score (nSPS) is 20.8. The molecule has 1 fully saturated rings. The Morgan fingerprint density at radius 3 is 3.00 bits per heavy atom. The van der Waals surface area contributed by atoms with Crippen LogP contribution in [0.15, 0.2) is 36.1 Å². The first kappa shape index (κ1) is 18.5. The third-order valence-corrected chi connectivity index (χ3v) is 6.54. The zero-order valence-electron chi connectivity index (χ0n) is 15.9. The summed E-state index contributed by atoms with van der Waals surface area (Å²) in [5.41, 5.74) is 4.65. The lowest BCUT2D eigenvalue weighted by Crippen LogP contribution is -2.38. The molecule has 1 aliphatic heterocycles. The molecule has 0 bridgehead atoms. The summed E-state index contributed by atoms with van der Waals surface area (Å²) in [7, 11) is 0. The number of hydrogen-bond acceptors (Lipinski definition) is 6. The van der Waals surface area contributed by atoms with Crippen LogP contribution in [0, 0.1) is 5.92 Å². The van der Waals surface area contributed by atoms with Crippen molar-refractivity contribution in [1.82, 2.24) is 29.5 Å². The van der Waals surface area contributed by atoms with E-state index < -0.39 is 6.43 Å². The van der Waals surface area contributed by atoms with Crippen LogP contribution in [0.3, 0.4) is 0 Å². The van der Waals surface area contributed by atoms with Gasteiger partial charge >= 0.3 is 0 Å². The molecule has 4 heterocycles. The number of hydrogen-bond donors (Lipinski definition) is 0. The van der Waals surface area contributed by atoms with Crippen molar-refractivity contribution in [2.75, 3.05) is 13.1 Å². The van der Waals surface area contributed by atoms with E-state index in [2.05, 4.69) is 50.1 Å². The lowest BCUT2D eigenvalue weighted by molar-refractivity contribution is 0.143. The van der Waals surface area contributed by atoms with Gasteiger partial charge < -0.3 is 0 Å². The minimum absolute atomic E-state index is 0.0839. The third kappa shape index (κ3) is 3.49. The summed E-state index contributed by atoms with van der Waals surface area (Å²) in [6, 6.07) is 7.87. The fourth-order valence-corrected chi connectivity index (χ4v) is 4.89. The molecule has 1 saturated heterocycles. The van der Waals surface area contributed by atoms with Crippen molar-refractivity contribution in [2.24, 2.45) is 5.92 Å². The second-order valence-corrected chi connectivity index (χ2v) is 8.53. The van der Waals surface area contributed by atoms with Crippen LogP contribution in [-0.2, 0) is 6.54 Å². The summed E-state index contributed by atoms with van der Waals surface area (Å²) >= 11 is 1.64. The van der Waals surface area contributed by atoms with Gasteiger partial charge in [0, 0.05) is 19.0 Å². The monoisotopic (exact) mass is 414 g/mol. The molecular weight excluding hydrogens is 394 g/mol. The molecule has 29 heavy (non-hydrogen) atoms. The summed E-state index contributed by atoms with van der Waals surface area (Å²) < 4.78 is 29.5. The van der Waals surface area contributed by atoms with Crippen LogP contribution in [0.4, 0.5) is 8.78 Å². The Balaban J connectivity index is 1.44. The number of fused-ring (bicyclic) bond motifs is 2. The highest BCUT2D eigenvalue weighted by Gasteiger charge is 2.31. The number of rotatable bonds is 4. The molecule has 150 valence electrons. The van der Waals surface area contributed by atoms with Crippen molar-refractivity contribution in [3.63, 3.8) is 0 Å². The number of likely N-dealkylation sites (tertiary alicyclic amines) is 1. The van der Waals surface area contributed by atoms with Crippen LogP contribution in [0.25, 0.3) is 16.0 Å². The van der Waals surface area contributed by atoms with Gasteiger partial charge in [-0.1, -0.05) is 13.0 Å². The first-order valence-electron chi connectivity index (χ1n) is 9.61. The standard InChI is InChI=1S/C20H20F2N6S/c1-12-4-5-27(8-13-2-3-15-18(6-13)29-11-24-15)9-14(12)17-7-16(19(21)22)26-20-23-10-25-28(17)20/h2-3,6-7,10-12,14,19H,4-5,8-9H2,1H3/t12-,14-/m1/s1.